The summed E-state index contributed by atoms with van der Waals surface area (Å²) in [5.41, 5.74) is 0. The van der Waals surface area contributed by atoms with E-state index < -0.39 is 7.60 Å². The first-order valence-electron chi connectivity index (χ1n) is 5.22. The lowest BCUT2D eigenvalue weighted by molar-refractivity contribution is 0.370. The maximum Gasteiger partial charge on any atom is 0.325 e. The van der Waals surface area contributed by atoms with Gasteiger partial charge in [-0.1, -0.05) is 31.8 Å². The minimum absolute atomic E-state index is 0.0413. The molecule has 2 N–H and O–H groups in total. The lowest BCUT2D eigenvalue weighted by atomic mass is 10.1. The van der Waals surface area contributed by atoms with Crippen LogP contribution < -0.4 is 0 Å². The van der Waals surface area contributed by atoms with Crippen LogP contribution >= 0.6 is 7.60 Å². The van der Waals surface area contributed by atoms with Crippen molar-refractivity contribution in [2.45, 2.75) is 44.9 Å². The monoisotopic (exact) mass is 220 g/mol. The molecule has 0 unspecified atom stereocenters. The van der Waals surface area contributed by atoms with Crippen molar-refractivity contribution >= 4 is 7.60 Å². The predicted molar refractivity (Wildman–Crippen MR) is 59.4 cm³/mol. The zero-order valence-corrected chi connectivity index (χ0v) is 9.59. The average Bonchev–Trinajstić information content (AvgIpc) is 2.08. The van der Waals surface area contributed by atoms with Gasteiger partial charge >= 0.3 is 7.60 Å². The summed E-state index contributed by atoms with van der Waals surface area (Å²) in [5.74, 6) is 0. The Hall–Kier alpha value is -0.110. The number of unbranched alkanes of at least 4 members (excludes halogenated alkanes) is 6. The minimum atomic E-state index is -3.75. The minimum Gasteiger partial charge on any atom is -0.324 e. The zero-order chi connectivity index (χ0) is 10.9. The van der Waals surface area contributed by atoms with Crippen LogP contribution in [0.25, 0.3) is 0 Å². The second-order valence-corrected chi connectivity index (χ2v) is 5.36. The van der Waals surface area contributed by atoms with Crippen molar-refractivity contribution in [3.05, 3.63) is 12.7 Å². The molecule has 0 aromatic heterocycles. The third kappa shape index (κ3) is 11.9. The molecule has 0 heterocycles. The molecule has 0 bridgehead atoms. The number of allylic oxidation sites excluding steroid dienone is 1. The van der Waals surface area contributed by atoms with Gasteiger partial charge in [-0.05, 0) is 19.3 Å². The van der Waals surface area contributed by atoms with Crippen LogP contribution in [0.4, 0.5) is 0 Å². The summed E-state index contributed by atoms with van der Waals surface area (Å²) >= 11 is 0. The van der Waals surface area contributed by atoms with Gasteiger partial charge in [0.1, 0.15) is 0 Å². The van der Waals surface area contributed by atoms with Gasteiger partial charge in [-0.15, -0.1) is 6.58 Å². The highest BCUT2D eigenvalue weighted by atomic mass is 31.2. The Kier molecular flexibility index (Phi) is 8.15. The molecule has 0 fully saturated rings. The molecule has 0 amide bonds. The molecule has 0 aliphatic heterocycles. The summed E-state index contributed by atoms with van der Waals surface area (Å²) in [6, 6.07) is 0. The molecule has 0 aliphatic rings. The number of hydrogen-bond acceptors (Lipinski definition) is 1. The van der Waals surface area contributed by atoms with Crippen molar-refractivity contribution in [2.75, 3.05) is 6.16 Å². The van der Waals surface area contributed by atoms with E-state index >= 15 is 0 Å². The smallest absolute Gasteiger partial charge is 0.324 e. The first kappa shape index (κ1) is 13.9. The van der Waals surface area contributed by atoms with Crippen molar-refractivity contribution in [1.29, 1.82) is 0 Å². The average molecular weight is 220 g/mol. The molecule has 84 valence electrons. The van der Waals surface area contributed by atoms with Gasteiger partial charge in [0.2, 0.25) is 0 Å². The van der Waals surface area contributed by atoms with Gasteiger partial charge in [0.25, 0.3) is 0 Å². The first-order valence-corrected chi connectivity index (χ1v) is 7.01. The fourth-order valence-electron chi connectivity index (χ4n) is 1.31. The van der Waals surface area contributed by atoms with Crippen molar-refractivity contribution in [3.63, 3.8) is 0 Å². The molecule has 0 saturated carbocycles. The summed E-state index contributed by atoms with van der Waals surface area (Å²) in [5, 5.41) is 0. The van der Waals surface area contributed by atoms with Crippen LogP contribution in [-0.2, 0) is 4.57 Å². The van der Waals surface area contributed by atoms with Crippen LogP contribution in [0.1, 0.15) is 44.9 Å². The molecular formula is C10H21O3P. The molecule has 0 saturated heterocycles. The van der Waals surface area contributed by atoms with E-state index in [1.165, 1.54) is 12.8 Å². The Morgan fingerprint density at radius 3 is 2.00 bits per heavy atom. The summed E-state index contributed by atoms with van der Waals surface area (Å²) in [6.45, 7) is 3.65. The van der Waals surface area contributed by atoms with Crippen LogP contribution in [0.5, 0.6) is 0 Å². The van der Waals surface area contributed by atoms with Gasteiger partial charge in [0.15, 0.2) is 0 Å². The molecule has 4 heteroatoms. The zero-order valence-electron chi connectivity index (χ0n) is 8.69. The van der Waals surface area contributed by atoms with E-state index in [0.29, 0.717) is 6.42 Å². The van der Waals surface area contributed by atoms with Crippen LogP contribution in [0.3, 0.4) is 0 Å². The Labute approximate surface area is 86.4 Å². The normalized spacial score (nSPS) is 11.6. The second-order valence-electron chi connectivity index (χ2n) is 3.59. The second kappa shape index (κ2) is 8.22. The van der Waals surface area contributed by atoms with Crippen molar-refractivity contribution < 1.29 is 14.4 Å². The highest BCUT2D eigenvalue weighted by Gasteiger charge is 2.10. The van der Waals surface area contributed by atoms with Crippen LogP contribution in [-0.4, -0.2) is 15.9 Å². The standard InChI is InChI=1S/C10H21O3P/c1-2-3-4-5-6-7-8-9-10-14(11,12)13/h2H,1,3-10H2,(H2,11,12,13). The summed E-state index contributed by atoms with van der Waals surface area (Å²) in [6.07, 6.45) is 9.23. The Morgan fingerprint density at radius 1 is 1.00 bits per heavy atom. The highest BCUT2D eigenvalue weighted by molar-refractivity contribution is 7.51. The number of rotatable bonds is 9. The van der Waals surface area contributed by atoms with Crippen molar-refractivity contribution in [2.24, 2.45) is 0 Å². The van der Waals surface area contributed by atoms with Gasteiger partial charge in [0.05, 0.1) is 0 Å². The maximum absolute atomic E-state index is 10.5. The van der Waals surface area contributed by atoms with E-state index in [1.54, 1.807) is 0 Å². The van der Waals surface area contributed by atoms with E-state index in [9.17, 15) is 4.57 Å². The van der Waals surface area contributed by atoms with Crippen LogP contribution in [0.2, 0.25) is 0 Å². The van der Waals surface area contributed by atoms with Crippen LogP contribution in [0.15, 0.2) is 12.7 Å². The quantitative estimate of drug-likeness (QED) is 0.356. The Morgan fingerprint density at radius 2 is 1.50 bits per heavy atom. The summed E-state index contributed by atoms with van der Waals surface area (Å²) in [7, 11) is -3.75. The molecule has 0 spiro atoms. The maximum atomic E-state index is 10.5. The first-order chi connectivity index (χ1) is 6.56. The molecule has 0 rings (SSSR count). The van der Waals surface area contributed by atoms with Gasteiger partial charge in [-0.3, -0.25) is 4.57 Å². The highest BCUT2D eigenvalue weighted by Crippen LogP contribution is 2.35. The molecule has 0 radical (unpaired) electrons. The summed E-state index contributed by atoms with van der Waals surface area (Å²) in [4.78, 5) is 17.2. The third-order valence-corrected chi connectivity index (χ3v) is 3.01. The molecule has 14 heavy (non-hydrogen) atoms. The van der Waals surface area contributed by atoms with E-state index in [0.717, 1.165) is 25.7 Å². The van der Waals surface area contributed by atoms with Crippen molar-refractivity contribution in [1.82, 2.24) is 0 Å². The molecule has 0 aliphatic carbocycles. The SMILES string of the molecule is C=CCCCCCCCCP(=O)(O)O. The molecule has 0 atom stereocenters. The number of hydrogen-bond donors (Lipinski definition) is 2. The van der Waals surface area contributed by atoms with Gasteiger partial charge in [0, 0.05) is 6.16 Å². The predicted octanol–water partition coefficient (Wildman–Crippen LogP) is 3.08. The van der Waals surface area contributed by atoms with E-state index in [-0.39, 0.29) is 6.16 Å². The fraction of sp³-hybridized carbons (Fsp3) is 0.800. The third-order valence-electron chi connectivity index (χ3n) is 2.11. The molecule has 0 aromatic rings. The van der Waals surface area contributed by atoms with E-state index in [1.807, 2.05) is 6.08 Å². The van der Waals surface area contributed by atoms with E-state index in [2.05, 4.69) is 6.58 Å². The Balaban J connectivity index is 3.07. The molecule has 0 aromatic carbocycles. The topological polar surface area (TPSA) is 57.5 Å². The Bertz CT molecular complexity index is 186. The molecular weight excluding hydrogens is 199 g/mol. The van der Waals surface area contributed by atoms with Gasteiger partial charge in [-0.25, -0.2) is 0 Å². The molecule has 3 nitrogen and oxygen atoms in total. The lowest BCUT2D eigenvalue weighted by Gasteiger charge is -2.03. The van der Waals surface area contributed by atoms with Crippen LogP contribution in [0, 0.1) is 0 Å². The van der Waals surface area contributed by atoms with Crippen molar-refractivity contribution in [3.8, 4) is 0 Å². The summed E-state index contributed by atoms with van der Waals surface area (Å²) < 4.78 is 10.5. The van der Waals surface area contributed by atoms with Gasteiger partial charge in [-0.2, -0.15) is 0 Å². The van der Waals surface area contributed by atoms with Gasteiger partial charge < -0.3 is 9.79 Å². The fourth-order valence-corrected chi connectivity index (χ4v) is 1.95. The lowest BCUT2D eigenvalue weighted by Crippen LogP contribution is -1.88. The van der Waals surface area contributed by atoms with E-state index in [4.69, 9.17) is 9.79 Å². The largest absolute Gasteiger partial charge is 0.325 e.